The summed E-state index contributed by atoms with van der Waals surface area (Å²) in [4.78, 5) is 79.6. The number of carbonyl (C=O) groups is 5. The maximum atomic E-state index is 15.2. The summed E-state index contributed by atoms with van der Waals surface area (Å²) >= 11 is 0. The molecule has 2 bridgehead atoms. The first-order valence-electron chi connectivity index (χ1n) is 22.9. The SMILES string of the molecule is COCCOCCOCC(=O)OC1C(C)CC(C)C2C1C=CC1/C(C)=C/CC(OC3CC(C)([N+](=O)[O-])C(NC(=O)OC)C(C)O3)/C(C)=C/C3C(O)C=C(C=O)CC34OC(=O)/C(=C(\O)C12C)C4=O. The Morgan fingerprint density at radius 2 is 1.72 bits per heavy atom. The van der Waals surface area contributed by atoms with E-state index in [0.29, 0.717) is 31.5 Å². The van der Waals surface area contributed by atoms with Gasteiger partial charge in [-0.2, -0.15) is 0 Å². The molecule has 1 spiro atoms. The first-order chi connectivity index (χ1) is 31.7. The minimum Gasteiger partial charge on any atom is -0.511 e. The fraction of sp³-hybridized carbons (Fsp3) is 0.688. The molecule has 6 rings (SSSR count). The number of esters is 2. The lowest BCUT2D eigenvalue weighted by molar-refractivity contribution is -0.584. The fourth-order valence-corrected chi connectivity index (χ4v) is 11.7. The number of ketones is 1. The number of amides is 1. The predicted octanol–water partition coefficient (Wildman–Crippen LogP) is 4.44. The number of nitro groups is 1. The van der Waals surface area contributed by atoms with Crippen LogP contribution in [0.15, 0.2) is 58.4 Å². The highest BCUT2D eigenvalue weighted by atomic mass is 16.7. The molecule has 19 nitrogen and oxygen atoms in total. The molecular formula is C48H66N2O17. The molecule has 15 unspecified atom stereocenters. The van der Waals surface area contributed by atoms with Crippen LogP contribution >= 0.6 is 0 Å². The number of aldehydes is 1. The lowest BCUT2D eigenvalue weighted by Gasteiger charge is -2.56. The van der Waals surface area contributed by atoms with E-state index in [1.807, 2.05) is 39.0 Å². The van der Waals surface area contributed by atoms with Gasteiger partial charge >= 0.3 is 18.0 Å². The third-order valence-electron chi connectivity index (χ3n) is 15.0. The van der Waals surface area contributed by atoms with Crippen LogP contribution in [0.5, 0.6) is 0 Å². The van der Waals surface area contributed by atoms with Crippen molar-refractivity contribution in [3.63, 3.8) is 0 Å². The number of hydrogen-bond donors (Lipinski definition) is 3. The molecule has 0 aromatic heterocycles. The minimum atomic E-state index is -2.16. The summed E-state index contributed by atoms with van der Waals surface area (Å²) in [7, 11) is 2.71. The molecule has 67 heavy (non-hydrogen) atoms. The van der Waals surface area contributed by atoms with Crippen LogP contribution in [0.25, 0.3) is 0 Å². The van der Waals surface area contributed by atoms with Gasteiger partial charge in [-0.1, -0.05) is 50.6 Å². The number of ether oxygens (including phenoxy) is 8. The smallest absolute Gasteiger partial charge is 0.407 e. The molecule has 19 heteroatoms. The van der Waals surface area contributed by atoms with Crippen molar-refractivity contribution in [2.75, 3.05) is 47.3 Å². The molecule has 3 N–H and O–H groups in total. The molecule has 0 radical (unpaired) electrons. The Morgan fingerprint density at radius 1 is 1.01 bits per heavy atom. The van der Waals surface area contributed by atoms with Crippen molar-refractivity contribution in [3.8, 4) is 0 Å². The van der Waals surface area contributed by atoms with E-state index in [2.05, 4.69) is 5.32 Å². The molecule has 370 valence electrons. The number of aliphatic hydroxyl groups excluding tert-OH is 2. The van der Waals surface area contributed by atoms with E-state index in [1.54, 1.807) is 34.0 Å². The Bertz CT molecular complexity index is 2100. The first-order valence-corrected chi connectivity index (χ1v) is 22.9. The molecule has 0 aromatic carbocycles. The van der Waals surface area contributed by atoms with Gasteiger partial charge in [0.25, 0.3) is 0 Å². The first kappa shape index (κ1) is 51.6. The molecule has 15 atom stereocenters. The zero-order valence-electron chi connectivity index (χ0n) is 39.7. The Labute approximate surface area is 390 Å². The molecule has 2 saturated heterocycles. The number of alkyl carbamates (subject to hydrolysis) is 1. The Hall–Kier alpha value is -4.79. The summed E-state index contributed by atoms with van der Waals surface area (Å²) in [6, 6.07) is -1.10. The van der Waals surface area contributed by atoms with Crippen LogP contribution in [-0.2, 0) is 57.1 Å². The second kappa shape index (κ2) is 20.8. The van der Waals surface area contributed by atoms with Crippen molar-refractivity contribution in [2.24, 2.45) is 40.9 Å². The van der Waals surface area contributed by atoms with E-state index in [-0.39, 0.29) is 50.1 Å². The Morgan fingerprint density at radius 3 is 2.39 bits per heavy atom. The van der Waals surface area contributed by atoms with E-state index in [1.165, 1.54) is 13.0 Å². The standard InChI is InChI=1S/C48H66N2O17/c1-25-10-13-35(65-37-22-46(6,50(58)59)41(29(5)64-37)49-45(57)61-9)26(2)19-33-34(52)20-30(23-51)21-48(33)43(55)38(44(56)67-48)42(54)47(7)32(25)12-11-31-39(47)27(3)18-28(4)40(31)66-36(53)24-63-17-16-62-15-14-60-8/h10-12,19-20,23,27-29,31-35,37,39-41,52,54H,13-18,21-22,24H2,1-9H3,(H,49,57)/b25-10+,26-19+,42-38-. The number of fused-ring (bicyclic) bond motifs is 4. The second-order valence-electron chi connectivity index (χ2n) is 19.4. The summed E-state index contributed by atoms with van der Waals surface area (Å²) < 4.78 is 45.7. The van der Waals surface area contributed by atoms with Gasteiger partial charge in [-0.05, 0) is 68.6 Å². The average Bonchev–Trinajstić information content (AvgIpc) is 3.52. The topological polar surface area (TPSA) is 255 Å². The molecular weight excluding hydrogens is 877 g/mol. The number of rotatable bonds is 14. The van der Waals surface area contributed by atoms with Gasteiger partial charge < -0.3 is 53.4 Å². The van der Waals surface area contributed by atoms with Crippen LogP contribution in [0.1, 0.15) is 74.1 Å². The van der Waals surface area contributed by atoms with Crippen molar-refractivity contribution in [2.45, 2.75) is 122 Å². The van der Waals surface area contributed by atoms with E-state index in [0.717, 1.165) is 12.7 Å². The zero-order valence-corrected chi connectivity index (χ0v) is 39.7. The number of allylic oxidation sites excluding steroid dienone is 3. The predicted molar refractivity (Wildman–Crippen MR) is 236 cm³/mol. The number of hydrogen-bond acceptors (Lipinski definition) is 17. The molecule has 1 amide bonds. The van der Waals surface area contributed by atoms with Crippen LogP contribution in [0.3, 0.4) is 0 Å². The monoisotopic (exact) mass is 942 g/mol. The Kier molecular flexibility index (Phi) is 16.0. The third kappa shape index (κ3) is 9.90. The number of Topliss-reactive ketones (excluding diaryl/α,β-unsaturated/α-hetero) is 1. The summed E-state index contributed by atoms with van der Waals surface area (Å²) in [5.41, 5.74) is -4.76. The van der Waals surface area contributed by atoms with Gasteiger partial charge in [0.15, 0.2) is 11.9 Å². The quantitative estimate of drug-likeness (QED) is 0.0318. The van der Waals surface area contributed by atoms with Crippen molar-refractivity contribution >= 4 is 30.1 Å². The maximum absolute atomic E-state index is 15.2. The van der Waals surface area contributed by atoms with E-state index in [9.17, 15) is 39.5 Å². The van der Waals surface area contributed by atoms with Crippen molar-refractivity contribution < 1.29 is 77.0 Å². The zero-order chi connectivity index (χ0) is 49.2. The molecule has 1 saturated carbocycles. The lowest BCUT2D eigenvalue weighted by Crippen LogP contribution is -2.65. The maximum Gasteiger partial charge on any atom is 0.407 e. The molecule has 2 aliphatic heterocycles. The molecule has 6 aliphatic rings. The molecule has 2 heterocycles. The van der Waals surface area contributed by atoms with E-state index >= 15 is 4.79 Å². The molecule has 0 aromatic rings. The van der Waals surface area contributed by atoms with Gasteiger partial charge in [-0.15, -0.1) is 0 Å². The fourth-order valence-electron chi connectivity index (χ4n) is 11.7. The summed E-state index contributed by atoms with van der Waals surface area (Å²) in [6.07, 6.45) is 2.97. The van der Waals surface area contributed by atoms with Crippen LogP contribution in [0, 0.1) is 51.0 Å². The van der Waals surface area contributed by atoms with Gasteiger partial charge in [0.2, 0.25) is 11.3 Å². The molecule has 4 aliphatic carbocycles. The van der Waals surface area contributed by atoms with E-state index < -0.39 is 123 Å². The second-order valence-corrected chi connectivity index (χ2v) is 19.4. The molecule has 3 fully saturated rings. The number of aliphatic hydroxyl groups is 2. The van der Waals surface area contributed by atoms with Gasteiger partial charge in [0.1, 0.15) is 36.4 Å². The minimum absolute atomic E-state index is 0.0111. The van der Waals surface area contributed by atoms with Gasteiger partial charge in [-0.3, -0.25) is 19.7 Å². The normalized spacial score (nSPS) is 41.1. The van der Waals surface area contributed by atoms with Crippen molar-refractivity contribution in [1.82, 2.24) is 5.32 Å². The van der Waals surface area contributed by atoms with Crippen molar-refractivity contribution in [1.29, 1.82) is 0 Å². The number of methoxy groups -OCH3 is 2. The number of nitrogens with one attached hydrogen (secondary N) is 1. The largest absolute Gasteiger partial charge is 0.511 e. The Balaban J connectivity index is 1.43. The number of carbonyl (C=O) groups excluding carboxylic acids is 5. The lowest BCUT2D eigenvalue weighted by atomic mass is 9.49. The van der Waals surface area contributed by atoms with Gasteiger partial charge in [-0.25, -0.2) is 14.4 Å². The summed E-state index contributed by atoms with van der Waals surface area (Å²) in [5, 5.41) is 39.8. The van der Waals surface area contributed by atoms with Crippen LogP contribution in [0.2, 0.25) is 0 Å². The highest BCUT2D eigenvalue weighted by molar-refractivity contribution is 6.26. The highest BCUT2D eigenvalue weighted by Gasteiger charge is 2.64. The van der Waals surface area contributed by atoms with Crippen LogP contribution in [-0.4, -0.2) is 140 Å². The summed E-state index contributed by atoms with van der Waals surface area (Å²) in [6.45, 7) is 13.2. The van der Waals surface area contributed by atoms with Crippen LogP contribution in [0.4, 0.5) is 4.79 Å². The van der Waals surface area contributed by atoms with Gasteiger partial charge in [0.05, 0.1) is 64.2 Å². The highest BCUT2D eigenvalue weighted by Crippen LogP contribution is 2.60. The summed E-state index contributed by atoms with van der Waals surface area (Å²) in [5.74, 6) is -6.38. The van der Waals surface area contributed by atoms with Crippen LogP contribution < -0.4 is 5.32 Å². The number of nitrogens with zero attached hydrogens (tertiary/aromatic N) is 1. The van der Waals surface area contributed by atoms with E-state index in [4.69, 9.17) is 37.9 Å². The average molecular weight is 943 g/mol. The third-order valence-corrected chi connectivity index (χ3v) is 15.0. The van der Waals surface area contributed by atoms with Gasteiger partial charge in [0, 0.05) is 42.6 Å². The van der Waals surface area contributed by atoms with Crippen molar-refractivity contribution in [3.05, 3.63) is 68.5 Å².